The largest absolute Gasteiger partial charge is 0.380 e. The Balaban J connectivity index is 2.12. The molecule has 0 aliphatic heterocycles. The minimum atomic E-state index is 0.809. The molecule has 0 unspecified atom stereocenters. The van der Waals surface area contributed by atoms with Crippen molar-refractivity contribution in [3.63, 3.8) is 0 Å². The molecule has 0 amide bonds. The van der Waals surface area contributed by atoms with Gasteiger partial charge >= 0.3 is 0 Å². The summed E-state index contributed by atoms with van der Waals surface area (Å²) in [4.78, 5) is 0. The van der Waals surface area contributed by atoms with Crippen LogP contribution in [0.15, 0.2) is 51.4 Å². The van der Waals surface area contributed by atoms with Crippen LogP contribution >= 0.6 is 31.9 Å². The topological polar surface area (TPSA) is 12.0 Å². The van der Waals surface area contributed by atoms with E-state index in [1.807, 2.05) is 12.1 Å². The first kappa shape index (κ1) is 12.7. The molecular weight excluding hydrogens is 342 g/mol. The fraction of sp³-hybridized carbons (Fsp3) is 0.143. The fourth-order valence-electron chi connectivity index (χ4n) is 1.61. The van der Waals surface area contributed by atoms with E-state index in [0.29, 0.717) is 0 Å². The smallest absolute Gasteiger partial charge is 0.0489 e. The average Bonchev–Trinajstić information content (AvgIpc) is 2.32. The predicted molar refractivity (Wildman–Crippen MR) is 80.3 cm³/mol. The molecular formula is C14H13Br2N. The molecule has 1 N–H and O–H groups in total. The molecule has 0 fully saturated rings. The molecule has 0 saturated heterocycles. The maximum Gasteiger partial charge on any atom is 0.0489 e. The van der Waals surface area contributed by atoms with Gasteiger partial charge in [0.1, 0.15) is 0 Å². The summed E-state index contributed by atoms with van der Waals surface area (Å²) < 4.78 is 2.23. The molecule has 0 aliphatic rings. The van der Waals surface area contributed by atoms with Crippen LogP contribution in [-0.2, 0) is 6.54 Å². The Morgan fingerprint density at radius 2 is 1.76 bits per heavy atom. The van der Waals surface area contributed by atoms with Crippen LogP contribution in [0.3, 0.4) is 0 Å². The first-order chi connectivity index (χ1) is 8.16. The third-order valence-corrected chi connectivity index (χ3v) is 4.01. The molecule has 0 spiro atoms. The maximum absolute atomic E-state index is 3.55. The molecule has 2 aromatic carbocycles. The lowest BCUT2D eigenvalue weighted by Gasteiger charge is -2.10. The Kier molecular flexibility index (Phi) is 4.24. The van der Waals surface area contributed by atoms with Crippen LogP contribution in [0.1, 0.15) is 11.1 Å². The molecule has 0 atom stereocenters. The summed E-state index contributed by atoms with van der Waals surface area (Å²) in [6.07, 6.45) is 0. The summed E-state index contributed by atoms with van der Waals surface area (Å²) in [7, 11) is 0. The van der Waals surface area contributed by atoms with Crippen LogP contribution in [0.4, 0.5) is 5.69 Å². The summed E-state index contributed by atoms with van der Waals surface area (Å²) in [5, 5.41) is 3.43. The van der Waals surface area contributed by atoms with Crippen molar-refractivity contribution in [1.29, 1.82) is 0 Å². The molecule has 3 heteroatoms. The number of anilines is 1. The fourth-order valence-corrected chi connectivity index (χ4v) is 2.42. The average molecular weight is 355 g/mol. The van der Waals surface area contributed by atoms with Crippen molar-refractivity contribution in [3.8, 4) is 0 Å². The van der Waals surface area contributed by atoms with Crippen LogP contribution in [0, 0.1) is 6.92 Å². The van der Waals surface area contributed by atoms with Crippen molar-refractivity contribution in [3.05, 3.63) is 62.5 Å². The summed E-state index contributed by atoms with van der Waals surface area (Å²) in [6, 6.07) is 14.5. The lowest BCUT2D eigenvalue weighted by Crippen LogP contribution is -2.00. The summed E-state index contributed by atoms with van der Waals surface area (Å²) in [5.41, 5.74) is 3.63. The van der Waals surface area contributed by atoms with Crippen LogP contribution in [0.25, 0.3) is 0 Å². The Bertz CT molecular complexity index is 523. The second-order valence-electron chi connectivity index (χ2n) is 3.93. The quantitative estimate of drug-likeness (QED) is 0.805. The first-order valence-corrected chi connectivity index (χ1v) is 6.99. The van der Waals surface area contributed by atoms with Crippen LogP contribution in [-0.4, -0.2) is 0 Å². The van der Waals surface area contributed by atoms with Gasteiger partial charge < -0.3 is 5.32 Å². The van der Waals surface area contributed by atoms with E-state index in [2.05, 4.69) is 74.4 Å². The molecule has 2 aromatic rings. The normalized spacial score (nSPS) is 10.3. The van der Waals surface area contributed by atoms with Crippen molar-refractivity contribution >= 4 is 37.5 Å². The molecule has 2 rings (SSSR count). The van der Waals surface area contributed by atoms with Gasteiger partial charge in [-0.3, -0.25) is 0 Å². The minimum Gasteiger partial charge on any atom is -0.380 e. The molecule has 0 bridgehead atoms. The Morgan fingerprint density at radius 1 is 1.00 bits per heavy atom. The van der Waals surface area contributed by atoms with Crippen molar-refractivity contribution in [1.82, 2.24) is 0 Å². The Morgan fingerprint density at radius 3 is 2.53 bits per heavy atom. The minimum absolute atomic E-state index is 0.809. The summed E-state index contributed by atoms with van der Waals surface area (Å²) in [5.74, 6) is 0. The van der Waals surface area contributed by atoms with Crippen molar-refractivity contribution < 1.29 is 0 Å². The number of hydrogen-bond donors (Lipinski definition) is 1. The third-order valence-electron chi connectivity index (χ3n) is 2.55. The number of nitrogens with one attached hydrogen (secondary N) is 1. The van der Waals surface area contributed by atoms with E-state index in [1.165, 1.54) is 11.1 Å². The van der Waals surface area contributed by atoms with Gasteiger partial charge in [0.25, 0.3) is 0 Å². The molecule has 0 saturated carbocycles. The zero-order valence-electron chi connectivity index (χ0n) is 9.50. The second-order valence-corrected chi connectivity index (χ2v) is 5.64. The molecule has 0 aromatic heterocycles. The third kappa shape index (κ3) is 3.33. The van der Waals surface area contributed by atoms with Gasteiger partial charge in [0.05, 0.1) is 0 Å². The predicted octanol–water partition coefficient (Wildman–Crippen LogP) is 5.13. The number of halogens is 2. The highest BCUT2D eigenvalue weighted by atomic mass is 79.9. The van der Waals surface area contributed by atoms with E-state index in [-0.39, 0.29) is 0 Å². The monoisotopic (exact) mass is 353 g/mol. The van der Waals surface area contributed by atoms with E-state index in [0.717, 1.165) is 21.2 Å². The summed E-state index contributed by atoms with van der Waals surface area (Å²) >= 11 is 7.10. The highest BCUT2D eigenvalue weighted by molar-refractivity contribution is 9.10. The van der Waals surface area contributed by atoms with Crippen LogP contribution in [0.2, 0.25) is 0 Å². The Hall–Kier alpha value is -0.800. The van der Waals surface area contributed by atoms with Gasteiger partial charge in [0, 0.05) is 21.2 Å². The molecule has 0 heterocycles. The number of rotatable bonds is 3. The Labute approximate surface area is 119 Å². The van der Waals surface area contributed by atoms with E-state index in [4.69, 9.17) is 0 Å². The van der Waals surface area contributed by atoms with Crippen LogP contribution < -0.4 is 5.32 Å². The number of hydrogen-bond acceptors (Lipinski definition) is 1. The van der Waals surface area contributed by atoms with Gasteiger partial charge in [0.15, 0.2) is 0 Å². The molecule has 17 heavy (non-hydrogen) atoms. The van der Waals surface area contributed by atoms with Gasteiger partial charge in [-0.05, 0) is 52.2 Å². The van der Waals surface area contributed by atoms with E-state index < -0.39 is 0 Å². The van der Waals surface area contributed by atoms with Crippen molar-refractivity contribution in [2.24, 2.45) is 0 Å². The number of benzene rings is 2. The van der Waals surface area contributed by atoms with Crippen molar-refractivity contribution in [2.75, 3.05) is 5.32 Å². The van der Waals surface area contributed by atoms with E-state index >= 15 is 0 Å². The zero-order valence-corrected chi connectivity index (χ0v) is 12.7. The molecule has 0 radical (unpaired) electrons. The maximum atomic E-state index is 3.55. The highest BCUT2D eigenvalue weighted by Crippen LogP contribution is 2.25. The van der Waals surface area contributed by atoms with E-state index in [9.17, 15) is 0 Å². The second kappa shape index (κ2) is 5.69. The first-order valence-electron chi connectivity index (χ1n) is 5.40. The van der Waals surface area contributed by atoms with Crippen LogP contribution in [0.5, 0.6) is 0 Å². The van der Waals surface area contributed by atoms with Crippen molar-refractivity contribution in [2.45, 2.75) is 13.5 Å². The van der Waals surface area contributed by atoms with Gasteiger partial charge in [-0.1, -0.05) is 40.2 Å². The van der Waals surface area contributed by atoms with Gasteiger partial charge in [-0.2, -0.15) is 0 Å². The van der Waals surface area contributed by atoms with Gasteiger partial charge in [-0.25, -0.2) is 0 Å². The molecule has 88 valence electrons. The lowest BCUT2D eigenvalue weighted by atomic mass is 10.2. The zero-order chi connectivity index (χ0) is 12.3. The van der Waals surface area contributed by atoms with E-state index in [1.54, 1.807) is 0 Å². The molecule has 0 aliphatic carbocycles. The molecule has 1 nitrogen and oxygen atoms in total. The van der Waals surface area contributed by atoms with Gasteiger partial charge in [0.2, 0.25) is 0 Å². The highest BCUT2D eigenvalue weighted by Gasteiger charge is 2.01. The standard InChI is InChI=1S/C14H13Br2N/c1-10-6-7-13(16)14(8-10)17-9-11-4-2-3-5-12(11)15/h2-8,17H,9H2,1H3. The summed E-state index contributed by atoms with van der Waals surface area (Å²) in [6.45, 7) is 2.90. The SMILES string of the molecule is Cc1ccc(Br)c(NCc2ccccc2Br)c1. The number of aryl methyl sites for hydroxylation is 1. The van der Waals surface area contributed by atoms with Gasteiger partial charge in [-0.15, -0.1) is 0 Å². The lowest BCUT2D eigenvalue weighted by molar-refractivity contribution is 1.13.